The number of hydrogen-bond acceptors (Lipinski definition) is 5. The summed E-state index contributed by atoms with van der Waals surface area (Å²) in [6.45, 7) is 0.478. The van der Waals surface area contributed by atoms with Crippen molar-refractivity contribution < 1.29 is 19.0 Å². The van der Waals surface area contributed by atoms with E-state index < -0.39 is 0 Å². The maximum atomic E-state index is 11.5. The van der Waals surface area contributed by atoms with E-state index >= 15 is 0 Å². The highest BCUT2D eigenvalue weighted by Crippen LogP contribution is 2.41. The van der Waals surface area contributed by atoms with Gasteiger partial charge in [0.05, 0.1) is 31.8 Å². The molecule has 1 aliphatic carbocycles. The number of carbonyl (C=O) groups excluding carboxylic acids is 1. The monoisotopic (exact) mass is 349 g/mol. The van der Waals surface area contributed by atoms with Crippen molar-refractivity contribution in [1.82, 2.24) is 0 Å². The van der Waals surface area contributed by atoms with E-state index in [2.05, 4.69) is 6.07 Å². The average Bonchev–Trinajstić information content (AvgIpc) is 3.26. The second-order valence-electron chi connectivity index (χ2n) is 6.62. The molecule has 2 aromatic carbocycles. The molecule has 0 fully saturated rings. The van der Waals surface area contributed by atoms with E-state index in [0.717, 1.165) is 46.6 Å². The van der Waals surface area contributed by atoms with Crippen LogP contribution in [0.3, 0.4) is 0 Å². The zero-order valence-electron chi connectivity index (χ0n) is 14.5. The minimum absolute atomic E-state index is 0.0249. The van der Waals surface area contributed by atoms with Gasteiger partial charge in [-0.15, -0.1) is 0 Å². The Kier molecular flexibility index (Phi) is 4.26. The molecule has 4 rings (SSSR count). The van der Waals surface area contributed by atoms with Gasteiger partial charge in [-0.2, -0.15) is 5.26 Å². The number of ether oxygens (including phenoxy) is 3. The van der Waals surface area contributed by atoms with Crippen LogP contribution >= 0.6 is 0 Å². The van der Waals surface area contributed by atoms with E-state index in [0.29, 0.717) is 13.0 Å². The smallest absolute Gasteiger partial charge is 0.306 e. The molecular weight excluding hydrogens is 330 g/mol. The quantitative estimate of drug-likeness (QED) is 0.788. The molecule has 5 heteroatoms. The number of carbonyl (C=O) groups is 1. The molecule has 0 saturated heterocycles. The number of fused-ring (bicyclic) bond motifs is 2. The SMILES string of the molecule is COC(=O)C[C@H]1COc2cc(O[C@H]3CCc4c(C#N)cccc43)ccc21. The van der Waals surface area contributed by atoms with Crippen molar-refractivity contribution in [2.75, 3.05) is 13.7 Å². The first-order valence-corrected chi connectivity index (χ1v) is 8.71. The van der Waals surface area contributed by atoms with Gasteiger partial charge < -0.3 is 14.2 Å². The molecule has 0 aromatic heterocycles. The highest BCUT2D eigenvalue weighted by Gasteiger charge is 2.29. The van der Waals surface area contributed by atoms with Crippen molar-refractivity contribution >= 4 is 5.97 Å². The van der Waals surface area contributed by atoms with Gasteiger partial charge in [-0.3, -0.25) is 4.79 Å². The molecule has 0 spiro atoms. The third kappa shape index (κ3) is 2.88. The summed E-state index contributed by atoms with van der Waals surface area (Å²) in [4.78, 5) is 11.5. The molecule has 0 unspecified atom stereocenters. The highest BCUT2D eigenvalue weighted by atomic mass is 16.5. The van der Waals surface area contributed by atoms with Crippen LogP contribution in [0.2, 0.25) is 0 Å². The van der Waals surface area contributed by atoms with Crippen molar-refractivity contribution in [2.24, 2.45) is 0 Å². The first-order valence-electron chi connectivity index (χ1n) is 8.71. The van der Waals surface area contributed by atoms with Crippen LogP contribution in [0.15, 0.2) is 36.4 Å². The number of esters is 1. The van der Waals surface area contributed by atoms with E-state index in [-0.39, 0.29) is 18.0 Å². The zero-order chi connectivity index (χ0) is 18.1. The fourth-order valence-corrected chi connectivity index (χ4v) is 3.79. The van der Waals surface area contributed by atoms with Crippen LogP contribution in [0.25, 0.3) is 0 Å². The van der Waals surface area contributed by atoms with Gasteiger partial charge in [-0.25, -0.2) is 0 Å². The summed E-state index contributed by atoms with van der Waals surface area (Å²) in [5.74, 6) is 1.29. The van der Waals surface area contributed by atoms with E-state index in [1.54, 1.807) is 0 Å². The fourth-order valence-electron chi connectivity index (χ4n) is 3.79. The Morgan fingerprint density at radius 2 is 2.19 bits per heavy atom. The Labute approximate surface area is 152 Å². The minimum atomic E-state index is -0.234. The van der Waals surface area contributed by atoms with Gasteiger partial charge in [0.25, 0.3) is 0 Å². The molecule has 132 valence electrons. The highest BCUT2D eigenvalue weighted by molar-refractivity contribution is 5.71. The van der Waals surface area contributed by atoms with Crippen LogP contribution in [-0.2, 0) is 16.0 Å². The first kappa shape index (κ1) is 16.5. The third-order valence-corrected chi connectivity index (χ3v) is 5.12. The van der Waals surface area contributed by atoms with Gasteiger partial charge in [-0.1, -0.05) is 18.2 Å². The van der Waals surface area contributed by atoms with E-state index in [1.807, 2.05) is 36.4 Å². The van der Waals surface area contributed by atoms with Crippen LogP contribution in [-0.4, -0.2) is 19.7 Å². The lowest BCUT2D eigenvalue weighted by molar-refractivity contribution is -0.141. The maximum Gasteiger partial charge on any atom is 0.306 e. The van der Waals surface area contributed by atoms with Crippen molar-refractivity contribution in [3.05, 3.63) is 58.7 Å². The molecule has 1 heterocycles. The molecule has 2 aliphatic rings. The molecule has 2 atom stereocenters. The number of methoxy groups -OCH3 is 1. The van der Waals surface area contributed by atoms with Crippen molar-refractivity contribution in [1.29, 1.82) is 5.26 Å². The van der Waals surface area contributed by atoms with Gasteiger partial charge in [0, 0.05) is 17.5 Å². The lowest BCUT2D eigenvalue weighted by atomic mass is 9.98. The normalized spacial score (nSPS) is 19.8. The van der Waals surface area contributed by atoms with Crippen LogP contribution in [0.4, 0.5) is 0 Å². The predicted molar refractivity (Wildman–Crippen MR) is 94.2 cm³/mol. The van der Waals surface area contributed by atoms with E-state index in [1.165, 1.54) is 7.11 Å². The molecule has 0 amide bonds. The second-order valence-corrected chi connectivity index (χ2v) is 6.62. The molecular formula is C21H19NO4. The van der Waals surface area contributed by atoms with Crippen molar-refractivity contribution in [3.8, 4) is 17.6 Å². The largest absolute Gasteiger partial charge is 0.492 e. The summed E-state index contributed by atoms with van der Waals surface area (Å²) in [7, 11) is 1.40. The van der Waals surface area contributed by atoms with Gasteiger partial charge in [0.15, 0.2) is 0 Å². The minimum Gasteiger partial charge on any atom is -0.492 e. The van der Waals surface area contributed by atoms with E-state index in [4.69, 9.17) is 14.2 Å². The Hall–Kier alpha value is -3.00. The number of nitrogens with zero attached hydrogens (tertiary/aromatic N) is 1. The molecule has 0 radical (unpaired) electrons. The maximum absolute atomic E-state index is 11.5. The summed E-state index contributed by atoms with van der Waals surface area (Å²) < 4.78 is 16.7. The summed E-state index contributed by atoms with van der Waals surface area (Å²) in [6.07, 6.45) is 1.98. The van der Waals surface area contributed by atoms with Gasteiger partial charge in [0.1, 0.15) is 17.6 Å². The van der Waals surface area contributed by atoms with Crippen molar-refractivity contribution in [3.63, 3.8) is 0 Å². The zero-order valence-corrected chi connectivity index (χ0v) is 14.5. The number of benzene rings is 2. The second kappa shape index (κ2) is 6.72. The molecule has 0 saturated carbocycles. The van der Waals surface area contributed by atoms with Gasteiger partial charge in [-0.05, 0) is 36.1 Å². The van der Waals surface area contributed by atoms with Crippen LogP contribution in [0, 0.1) is 11.3 Å². The molecule has 26 heavy (non-hydrogen) atoms. The summed E-state index contributed by atoms with van der Waals surface area (Å²) in [5.41, 5.74) is 3.93. The lowest BCUT2D eigenvalue weighted by Crippen LogP contribution is -2.09. The topological polar surface area (TPSA) is 68.6 Å². The number of hydrogen-bond donors (Lipinski definition) is 0. The molecule has 2 aromatic rings. The number of nitriles is 1. The van der Waals surface area contributed by atoms with Crippen LogP contribution in [0.5, 0.6) is 11.5 Å². The number of rotatable bonds is 4. The average molecular weight is 349 g/mol. The summed E-state index contributed by atoms with van der Waals surface area (Å²) in [5, 5.41) is 9.25. The summed E-state index contributed by atoms with van der Waals surface area (Å²) >= 11 is 0. The Bertz CT molecular complexity index is 899. The Balaban J connectivity index is 1.52. The lowest BCUT2D eigenvalue weighted by Gasteiger charge is -2.16. The molecule has 1 aliphatic heterocycles. The van der Waals surface area contributed by atoms with Crippen molar-refractivity contribution in [2.45, 2.75) is 31.3 Å². The van der Waals surface area contributed by atoms with Gasteiger partial charge in [0.2, 0.25) is 0 Å². The standard InChI is InChI=1S/C21H19NO4/c1-24-21(23)9-14-12-25-20-10-15(5-6-17(14)20)26-19-8-7-16-13(11-22)3-2-4-18(16)19/h2-6,10,14,19H,7-9,12H2,1H3/t14-,19-/m0/s1. The Morgan fingerprint density at radius 3 is 3.00 bits per heavy atom. The van der Waals surface area contributed by atoms with Crippen LogP contribution < -0.4 is 9.47 Å². The first-order chi connectivity index (χ1) is 12.7. The van der Waals surface area contributed by atoms with Gasteiger partial charge >= 0.3 is 5.97 Å². The van der Waals surface area contributed by atoms with Crippen LogP contribution in [0.1, 0.15) is 47.1 Å². The third-order valence-electron chi connectivity index (χ3n) is 5.12. The fraction of sp³-hybridized carbons (Fsp3) is 0.333. The summed E-state index contributed by atoms with van der Waals surface area (Å²) in [6, 6.07) is 13.8. The molecule has 5 nitrogen and oxygen atoms in total. The molecule has 0 N–H and O–H groups in total. The molecule has 0 bridgehead atoms. The Morgan fingerprint density at radius 1 is 1.31 bits per heavy atom. The predicted octanol–water partition coefficient (Wildman–Crippen LogP) is 3.66. The van der Waals surface area contributed by atoms with E-state index in [9.17, 15) is 10.1 Å².